The van der Waals surface area contributed by atoms with Crippen LogP contribution in [0.3, 0.4) is 0 Å². The van der Waals surface area contributed by atoms with Gasteiger partial charge in [0.25, 0.3) is 0 Å². The highest BCUT2D eigenvalue weighted by Gasteiger charge is 2.48. The number of hydrogen-bond acceptors (Lipinski definition) is 1. The highest BCUT2D eigenvalue weighted by Crippen LogP contribution is 2.51. The molecule has 1 heteroatoms. The molecule has 0 saturated heterocycles. The maximum atomic E-state index is 9.97. The van der Waals surface area contributed by atoms with Crippen LogP contribution >= 0.6 is 0 Å². The number of hydrogen-bond donors (Lipinski definition) is 1. The third-order valence-electron chi connectivity index (χ3n) is 4.02. The van der Waals surface area contributed by atoms with E-state index in [2.05, 4.69) is 6.92 Å². The summed E-state index contributed by atoms with van der Waals surface area (Å²) in [5.41, 5.74) is -0.351. The molecule has 0 aromatic rings. The smallest absolute Gasteiger partial charge is 0.0650 e. The first kappa shape index (κ1) is 7.60. The lowest BCUT2D eigenvalue weighted by atomic mass is 9.88. The summed E-state index contributed by atoms with van der Waals surface area (Å²) in [5.74, 6) is 2.22. The summed E-state index contributed by atoms with van der Waals surface area (Å²) in [6, 6.07) is 0. The fourth-order valence-electron chi connectivity index (χ4n) is 3.16. The largest absolute Gasteiger partial charge is 0.390 e. The molecule has 11 heavy (non-hydrogen) atoms. The Balaban J connectivity index is 2.17. The average molecular weight is 154 g/mol. The summed E-state index contributed by atoms with van der Waals surface area (Å²) < 4.78 is 0. The Morgan fingerprint density at radius 1 is 1.36 bits per heavy atom. The Morgan fingerprint density at radius 2 is 2.09 bits per heavy atom. The molecule has 0 aromatic carbocycles. The Labute approximate surface area is 68.8 Å². The highest BCUT2D eigenvalue weighted by atomic mass is 16.3. The van der Waals surface area contributed by atoms with E-state index in [0.717, 1.165) is 18.3 Å². The van der Waals surface area contributed by atoms with Crippen molar-refractivity contribution in [2.24, 2.45) is 17.8 Å². The van der Waals surface area contributed by atoms with Crippen LogP contribution in [0.4, 0.5) is 0 Å². The average Bonchev–Trinajstić information content (AvgIpc) is 2.39. The molecule has 1 nitrogen and oxygen atoms in total. The van der Waals surface area contributed by atoms with Crippen LogP contribution in [0.25, 0.3) is 0 Å². The minimum absolute atomic E-state index is 0.351. The van der Waals surface area contributed by atoms with Gasteiger partial charge < -0.3 is 5.11 Å². The van der Waals surface area contributed by atoms with Crippen molar-refractivity contribution in [2.75, 3.05) is 0 Å². The normalized spacial score (nSPS) is 56.5. The summed E-state index contributed by atoms with van der Waals surface area (Å²) in [6.07, 6.45) is 5.18. The van der Waals surface area contributed by atoms with E-state index in [9.17, 15) is 5.11 Å². The van der Waals surface area contributed by atoms with Crippen LogP contribution in [-0.4, -0.2) is 10.7 Å². The Kier molecular flexibility index (Phi) is 1.54. The lowest BCUT2D eigenvalue weighted by Gasteiger charge is -2.24. The van der Waals surface area contributed by atoms with Gasteiger partial charge in [0.15, 0.2) is 0 Å². The molecule has 2 fully saturated rings. The fourth-order valence-corrected chi connectivity index (χ4v) is 3.16. The van der Waals surface area contributed by atoms with E-state index in [1.807, 2.05) is 6.92 Å². The summed E-state index contributed by atoms with van der Waals surface area (Å²) in [7, 11) is 0. The van der Waals surface area contributed by atoms with Crippen LogP contribution < -0.4 is 0 Å². The van der Waals surface area contributed by atoms with Gasteiger partial charge in [-0.05, 0) is 37.5 Å². The van der Waals surface area contributed by atoms with Crippen LogP contribution in [0.15, 0.2) is 0 Å². The standard InChI is InChI=1S/C10H18O/c1-7-9-5-3-4-8(9)6-10(7,2)11/h7-9,11H,3-6H2,1-2H3/t7-,8+,9-,10+/m1/s1. The molecule has 0 unspecified atom stereocenters. The molecule has 2 aliphatic rings. The zero-order chi connectivity index (χ0) is 8.06. The van der Waals surface area contributed by atoms with Crippen molar-refractivity contribution in [3.63, 3.8) is 0 Å². The first-order chi connectivity index (χ1) is 5.11. The third-order valence-corrected chi connectivity index (χ3v) is 4.02. The van der Waals surface area contributed by atoms with Crippen LogP contribution in [0, 0.1) is 17.8 Å². The van der Waals surface area contributed by atoms with Crippen molar-refractivity contribution >= 4 is 0 Å². The molecular weight excluding hydrogens is 136 g/mol. The van der Waals surface area contributed by atoms with Gasteiger partial charge >= 0.3 is 0 Å². The molecule has 0 amide bonds. The first-order valence-corrected chi connectivity index (χ1v) is 4.83. The molecule has 0 spiro atoms. The van der Waals surface area contributed by atoms with E-state index < -0.39 is 0 Å². The van der Waals surface area contributed by atoms with Gasteiger partial charge in [0.2, 0.25) is 0 Å². The second kappa shape index (κ2) is 2.22. The quantitative estimate of drug-likeness (QED) is 0.567. The maximum absolute atomic E-state index is 9.97. The monoisotopic (exact) mass is 154 g/mol. The Hall–Kier alpha value is -0.0400. The molecule has 0 bridgehead atoms. The van der Waals surface area contributed by atoms with Gasteiger partial charge in [0.05, 0.1) is 5.60 Å². The minimum Gasteiger partial charge on any atom is -0.390 e. The Bertz CT molecular complexity index is 162. The van der Waals surface area contributed by atoms with E-state index in [0.29, 0.717) is 5.92 Å². The van der Waals surface area contributed by atoms with Crippen LogP contribution in [0.5, 0.6) is 0 Å². The molecule has 64 valence electrons. The van der Waals surface area contributed by atoms with E-state index in [-0.39, 0.29) is 5.60 Å². The molecule has 1 N–H and O–H groups in total. The second-order valence-corrected chi connectivity index (χ2v) is 4.70. The number of rotatable bonds is 0. The van der Waals surface area contributed by atoms with Crippen LogP contribution in [0.2, 0.25) is 0 Å². The summed E-state index contributed by atoms with van der Waals surface area (Å²) in [4.78, 5) is 0. The molecular formula is C10H18O. The van der Waals surface area contributed by atoms with Crippen molar-refractivity contribution in [2.45, 2.75) is 45.1 Å². The summed E-state index contributed by atoms with van der Waals surface area (Å²) in [5, 5.41) is 9.97. The van der Waals surface area contributed by atoms with Crippen molar-refractivity contribution in [1.29, 1.82) is 0 Å². The molecule has 2 saturated carbocycles. The zero-order valence-electron chi connectivity index (χ0n) is 7.51. The van der Waals surface area contributed by atoms with Crippen molar-refractivity contribution in [1.82, 2.24) is 0 Å². The molecule has 0 heterocycles. The topological polar surface area (TPSA) is 20.2 Å². The lowest BCUT2D eigenvalue weighted by molar-refractivity contribution is 0.0159. The van der Waals surface area contributed by atoms with Gasteiger partial charge in [0.1, 0.15) is 0 Å². The predicted molar refractivity (Wildman–Crippen MR) is 45.2 cm³/mol. The van der Waals surface area contributed by atoms with Gasteiger partial charge in [-0.2, -0.15) is 0 Å². The SMILES string of the molecule is C[C@@H]1[C@H]2CCC[C@H]2C[C@]1(C)O. The lowest BCUT2D eigenvalue weighted by Crippen LogP contribution is -2.29. The van der Waals surface area contributed by atoms with E-state index in [4.69, 9.17) is 0 Å². The van der Waals surface area contributed by atoms with Gasteiger partial charge in [0, 0.05) is 0 Å². The van der Waals surface area contributed by atoms with Crippen LogP contribution in [0.1, 0.15) is 39.5 Å². The maximum Gasteiger partial charge on any atom is 0.0650 e. The van der Waals surface area contributed by atoms with Crippen molar-refractivity contribution in [3.8, 4) is 0 Å². The van der Waals surface area contributed by atoms with Gasteiger partial charge in [-0.1, -0.05) is 19.8 Å². The van der Waals surface area contributed by atoms with Gasteiger partial charge in [-0.15, -0.1) is 0 Å². The Morgan fingerprint density at radius 3 is 2.73 bits per heavy atom. The van der Waals surface area contributed by atoms with E-state index >= 15 is 0 Å². The second-order valence-electron chi connectivity index (χ2n) is 4.70. The molecule has 2 rings (SSSR count). The minimum atomic E-state index is -0.351. The van der Waals surface area contributed by atoms with E-state index in [1.54, 1.807) is 0 Å². The fraction of sp³-hybridized carbons (Fsp3) is 1.00. The highest BCUT2D eigenvalue weighted by molar-refractivity contribution is 4.99. The van der Waals surface area contributed by atoms with Crippen LogP contribution in [-0.2, 0) is 0 Å². The first-order valence-electron chi connectivity index (χ1n) is 4.83. The molecule has 2 aliphatic carbocycles. The van der Waals surface area contributed by atoms with Gasteiger partial charge in [-0.3, -0.25) is 0 Å². The van der Waals surface area contributed by atoms with Crippen molar-refractivity contribution < 1.29 is 5.11 Å². The molecule has 4 atom stereocenters. The zero-order valence-corrected chi connectivity index (χ0v) is 7.51. The molecule has 0 aliphatic heterocycles. The summed E-state index contributed by atoms with van der Waals surface area (Å²) >= 11 is 0. The number of fused-ring (bicyclic) bond motifs is 1. The van der Waals surface area contributed by atoms with Crippen molar-refractivity contribution in [3.05, 3.63) is 0 Å². The van der Waals surface area contributed by atoms with E-state index in [1.165, 1.54) is 19.3 Å². The van der Waals surface area contributed by atoms with Gasteiger partial charge in [-0.25, -0.2) is 0 Å². The molecule has 0 radical (unpaired) electrons. The molecule has 0 aromatic heterocycles. The third kappa shape index (κ3) is 1.01. The predicted octanol–water partition coefficient (Wildman–Crippen LogP) is 2.19. The number of aliphatic hydroxyl groups is 1. The summed E-state index contributed by atoms with van der Waals surface area (Å²) in [6.45, 7) is 4.23.